The van der Waals surface area contributed by atoms with Crippen LogP contribution in [0.3, 0.4) is 0 Å². The first kappa shape index (κ1) is 19.3. The van der Waals surface area contributed by atoms with Crippen LogP contribution in [0.4, 0.5) is 0 Å². The Kier molecular flexibility index (Phi) is 6.37. The number of carbonyl (C=O) groups is 2. The van der Waals surface area contributed by atoms with Gasteiger partial charge in [0.1, 0.15) is 12.3 Å². The number of ether oxygens (including phenoxy) is 1. The molecule has 0 aliphatic carbocycles. The van der Waals surface area contributed by atoms with Crippen molar-refractivity contribution >= 4 is 12.3 Å². The third-order valence-electron chi connectivity index (χ3n) is 4.69. The molecule has 27 heavy (non-hydrogen) atoms. The highest BCUT2D eigenvalue weighted by atomic mass is 16.5. The Morgan fingerprint density at radius 1 is 1.00 bits per heavy atom. The summed E-state index contributed by atoms with van der Waals surface area (Å²) in [5, 5.41) is 0. The van der Waals surface area contributed by atoms with Crippen molar-refractivity contribution in [3.8, 4) is 0 Å². The van der Waals surface area contributed by atoms with Gasteiger partial charge >= 0.3 is 5.97 Å². The van der Waals surface area contributed by atoms with Gasteiger partial charge in [-0.3, -0.25) is 14.6 Å². The predicted molar refractivity (Wildman–Crippen MR) is 104 cm³/mol. The van der Waals surface area contributed by atoms with Crippen LogP contribution >= 0.6 is 0 Å². The lowest BCUT2D eigenvalue weighted by molar-refractivity contribution is -0.154. The summed E-state index contributed by atoms with van der Waals surface area (Å²) in [7, 11) is 0. The molecule has 0 aromatic heterocycles. The second-order valence-corrected chi connectivity index (χ2v) is 7.16. The van der Waals surface area contributed by atoms with Crippen molar-refractivity contribution in [2.24, 2.45) is 0 Å². The van der Waals surface area contributed by atoms with Crippen LogP contribution in [0.15, 0.2) is 60.7 Å². The van der Waals surface area contributed by atoms with E-state index in [1.54, 1.807) is 0 Å². The lowest BCUT2D eigenvalue weighted by atomic mass is 10.1. The number of esters is 1. The molecule has 0 radical (unpaired) electrons. The maximum Gasteiger partial charge on any atom is 0.325 e. The van der Waals surface area contributed by atoms with E-state index in [4.69, 9.17) is 4.74 Å². The molecule has 0 saturated carbocycles. The van der Waals surface area contributed by atoms with E-state index in [2.05, 4.69) is 0 Å². The van der Waals surface area contributed by atoms with E-state index >= 15 is 0 Å². The topological polar surface area (TPSA) is 49.9 Å². The fourth-order valence-corrected chi connectivity index (χ4v) is 3.52. The molecule has 2 unspecified atom stereocenters. The van der Waals surface area contributed by atoms with Gasteiger partial charge in [0.15, 0.2) is 0 Å². The standard InChI is InChI=1S/C22H26N2O3/c1-17(2)27-22(26)21-20(15-25)23(13-18-9-5-3-6-10-18)16-24(21)14-19-11-7-4-8-12-19/h3-12,15,17,20-21H,13-14,16H2,1-2H3. The fourth-order valence-electron chi connectivity index (χ4n) is 3.52. The van der Waals surface area contributed by atoms with Gasteiger partial charge in [-0.15, -0.1) is 0 Å². The van der Waals surface area contributed by atoms with Crippen LogP contribution in [-0.4, -0.2) is 46.9 Å². The van der Waals surface area contributed by atoms with E-state index in [-0.39, 0.29) is 12.1 Å². The molecule has 2 atom stereocenters. The van der Waals surface area contributed by atoms with E-state index in [0.717, 1.165) is 17.4 Å². The van der Waals surface area contributed by atoms with Crippen LogP contribution in [0.2, 0.25) is 0 Å². The number of rotatable bonds is 7. The number of hydrogen-bond acceptors (Lipinski definition) is 5. The van der Waals surface area contributed by atoms with Crippen molar-refractivity contribution in [1.29, 1.82) is 0 Å². The second kappa shape index (κ2) is 8.93. The zero-order valence-corrected chi connectivity index (χ0v) is 15.8. The van der Waals surface area contributed by atoms with Crippen LogP contribution in [0.25, 0.3) is 0 Å². The summed E-state index contributed by atoms with van der Waals surface area (Å²) in [5.41, 5.74) is 2.22. The SMILES string of the molecule is CC(C)OC(=O)C1C(C=O)N(Cc2ccccc2)CN1Cc1ccccc1. The Labute approximate surface area is 160 Å². The molecule has 142 valence electrons. The van der Waals surface area contributed by atoms with Crippen molar-refractivity contribution in [3.63, 3.8) is 0 Å². The number of hydrogen-bond donors (Lipinski definition) is 0. The van der Waals surface area contributed by atoms with Gasteiger partial charge in [-0.05, 0) is 25.0 Å². The van der Waals surface area contributed by atoms with Gasteiger partial charge in [0.2, 0.25) is 0 Å². The summed E-state index contributed by atoms with van der Waals surface area (Å²) in [5.74, 6) is -0.339. The van der Waals surface area contributed by atoms with E-state index < -0.39 is 12.1 Å². The molecular weight excluding hydrogens is 340 g/mol. The van der Waals surface area contributed by atoms with E-state index in [0.29, 0.717) is 19.8 Å². The Morgan fingerprint density at radius 2 is 1.52 bits per heavy atom. The molecule has 1 heterocycles. The molecule has 2 aromatic rings. The van der Waals surface area contributed by atoms with Crippen LogP contribution in [0.1, 0.15) is 25.0 Å². The average Bonchev–Trinajstić information content (AvgIpc) is 2.99. The number of benzene rings is 2. The van der Waals surface area contributed by atoms with Crippen LogP contribution in [0, 0.1) is 0 Å². The minimum absolute atomic E-state index is 0.216. The van der Waals surface area contributed by atoms with Gasteiger partial charge in [-0.2, -0.15) is 0 Å². The van der Waals surface area contributed by atoms with E-state index in [1.807, 2.05) is 84.3 Å². The largest absolute Gasteiger partial charge is 0.462 e. The first-order chi connectivity index (χ1) is 13.1. The highest BCUT2D eigenvalue weighted by Gasteiger charge is 2.45. The van der Waals surface area contributed by atoms with Crippen molar-refractivity contribution in [2.45, 2.75) is 45.1 Å². The number of aldehydes is 1. The fraction of sp³-hybridized carbons (Fsp3) is 0.364. The lowest BCUT2D eigenvalue weighted by Gasteiger charge is -2.24. The van der Waals surface area contributed by atoms with Gasteiger partial charge < -0.3 is 9.53 Å². The zero-order valence-electron chi connectivity index (χ0n) is 15.8. The molecule has 0 bridgehead atoms. The molecule has 1 fully saturated rings. The van der Waals surface area contributed by atoms with Crippen LogP contribution < -0.4 is 0 Å². The van der Waals surface area contributed by atoms with Crippen LogP contribution in [-0.2, 0) is 27.4 Å². The highest BCUT2D eigenvalue weighted by Crippen LogP contribution is 2.25. The molecule has 0 amide bonds. The quantitative estimate of drug-likeness (QED) is 0.557. The monoisotopic (exact) mass is 366 g/mol. The Bertz CT molecular complexity index is 749. The summed E-state index contributed by atoms with van der Waals surface area (Å²) < 4.78 is 5.47. The van der Waals surface area contributed by atoms with Crippen molar-refractivity contribution in [3.05, 3.63) is 71.8 Å². The summed E-state index contributed by atoms with van der Waals surface area (Å²) in [6.45, 7) is 5.39. The molecule has 1 aliphatic heterocycles. The average molecular weight is 366 g/mol. The Hall–Kier alpha value is -2.50. The summed E-state index contributed by atoms with van der Waals surface area (Å²) in [6, 6.07) is 18.8. The normalized spacial score (nSPS) is 20.7. The maximum absolute atomic E-state index is 12.8. The molecule has 1 saturated heterocycles. The molecule has 0 spiro atoms. The minimum atomic E-state index is -0.603. The highest BCUT2D eigenvalue weighted by molar-refractivity contribution is 5.82. The molecule has 5 nitrogen and oxygen atoms in total. The molecule has 5 heteroatoms. The van der Waals surface area contributed by atoms with Crippen molar-refractivity contribution < 1.29 is 14.3 Å². The zero-order chi connectivity index (χ0) is 19.2. The Balaban J connectivity index is 1.84. The first-order valence-corrected chi connectivity index (χ1v) is 9.30. The van der Waals surface area contributed by atoms with Gasteiger partial charge in [-0.25, -0.2) is 0 Å². The third-order valence-corrected chi connectivity index (χ3v) is 4.69. The lowest BCUT2D eigenvalue weighted by Crippen LogP contribution is -2.45. The van der Waals surface area contributed by atoms with Crippen LogP contribution in [0.5, 0.6) is 0 Å². The van der Waals surface area contributed by atoms with Gasteiger partial charge in [-0.1, -0.05) is 60.7 Å². The van der Waals surface area contributed by atoms with E-state index in [1.165, 1.54) is 0 Å². The van der Waals surface area contributed by atoms with Crippen molar-refractivity contribution in [1.82, 2.24) is 9.80 Å². The first-order valence-electron chi connectivity index (χ1n) is 9.30. The molecular formula is C22H26N2O3. The van der Waals surface area contributed by atoms with Gasteiger partial charge in [0.05, 0.1) is 18.8 Å². The second-order valence-electron chi connectivity index (χ2n) is 7.16. The summed E-state index contributed by atoms with van der Waals surface area (Å²) >= 11 is 0. The molecule has 1 aliphatic rings. The summed E-state index contributed by atoms with van der Waals surface area (Å²) in [4.78, 5) is 28.8. The number of carbonyl (C=O) groups excluding carboxylic acids is 2. The number of nitrogens with zero attached hydrogens (tertiary/aromatic N) is 2. The van der Waals surface area contributed by atoms with Gasteiger partial charge in [0.25, 0.3) is 0 Å². The molecule has 2 aromatic carbocycles. The maximum atomic E-state index is 12.8. The third kappa shape index (κ3) is 4.81. The molecule has 0 N–H and O–H groups in total. The molecule has 3 rings (SSSR count). The minimum Gasteiger partial charge on any atom is -0.462 e. The van der Waals surface area contributed by atoms with Gasteiger partial charge in [0, 0.05) is 13.1 Å². The van der Waals surface area contributed by atoms with Crippen molar-refractivity contribution in [2.75, 3.05) is 6.67 Å². The predicted octanol–water partition coefficient (Wildman–Crippen LogP) is 2.85. The smallest absolute Gasteiger partial charge is 0.325 e. The summed E-state index contributed by atoms with van der Waals surface area (Å²) in [6.07, 6.45) is 0.659. The Morgan fingerprint density at radius 3 is 2.00 bits per heavy atom. The van der Waals surface area contributed by atoms with E-state index in [9.17, 15) is 9.59 Å².